The molecule has 1 aliphatic rings. The number of nitrogens with zero attached hydrogens (tertiary/aromatic N) is 1. The molecule has 0 saturated carbocycles. The molecule has 0 unspecified atom stereocenters. The van der Waals surface area contributed by atoms with Gasteiger partial charge in [-0.05, 0) is 12.1 Å². The van der Waals surface area contributed by atoms with Crippen molar-refractivity contribution in [2.45, 2.75) is 0 Å². The van der Waals surface area contributed by atoms with Gasteiger partial charge >= 0.3 is 0 Å². The Morgan fingerprint density at radius 2 is 2.10 bits per heavy atom. The Morgan fingerprint density at radius 1 is 1.25 bits per heavy atom. The van der Waals surface area contributed by atoms with Crippen molar-refractivity contribution in [3.8, 4) is 0 Å². The molecular formula is C14H12N2O4. The summed E-state index contributed by atoms with van der Waals surface area (Å²) in [6.45, 7) is -0.267. The van der Waals surface area contributed by atoms with Crippen LogP contribution in [0, 0.1) is 0 Å². The summed E-state index contributed by atoms with van der Waals surface area (Å²) in [6.07, 6.45) is 2.78. The first kappa shape index (κ1) is 12.4. The molecule has 20 heavy (non-hydrogen) atoms. The van der Waals surface area contributed by atoms with Crippen LogP contribution in [0.15, 0.2) is 46.7 Å². The predicted octanol–water partition coefficient (Wildman–Crippen LogP) is 1.09. The van der Waals surface area contributed by atoms with E-state index in [0.29, 0.717) is 11.3 Å². The molecule has 1 aromatic carbocycles. The lowest BCUT2D eigenvalue weighted by atomic mass is 10.2. The Hall–Kier alpha value is -2.60. The number of anilines is 1. The molecule has 2 heterocycles. The number of carbonyl (C=O) groups excluding carboxylic acids is 2. The summed E-state index contributed by atoms with van der Waals surface area (Å²) in [5, 5.41) is 12.7. The number of imide groups is 1. The van der Waals surface area contributed by atoms with Crippen molar-refractivity contribution in [2.75, 3.05) is 18.5 Å². The molecule has 6 heteroatoms. The van der Waals surface area contributed by atoms with Crippen LogP contribution in [0.25, 0.3) is 11.0 Å². The molecule has 0 saturated heterocycles. The largest absolute Gasteiger partial charge is 0.462 e. The molecule has 0 fully saturated rings. The Bertz CT molecular complexity index is 717. The molecular weight excluding hydrogens is 260 g/mol. The minimum absolute atomic E-state index is 0.00962. The maximum Gasteiger partial charge on any atom is 0.277 e. The van der Waals surface area contributed by atoms with Gasteiger partial charge in [-0.3, -0.25) is 14.5 Å². The number of hydrogen-bond acceptors (Lipinski definition) is 5. The first-order chi connectivity index (χ1) is 9.70. The summed E-state index contributed by atoms with van der Waals surface area (Å²) in [5.74, 6) is -0.884. The second-order valence-corrected chi connectivity index (χ2v) is 4.35. The number of benzene rings is 1. The number of β-amino-alcohol motifs (C(OH)–C–C–N with tert-alkyl or cyclic N) is 1. The zero-order valence-corrected chi connectivity index (χ0v) is 10.5. The van der Waals surface area contributed by atoms with E-state index in [1.165, 1.54) is 6.08 Å². The number of amides is 2. The Balaban J connectivity index is 1.89. The number of hydrogen-bond donors (Lipinski definition) is 2. The third kappa shape index (κ3) is 1.96. The lowest BCUT2D eigenvalue weighted by molar-refractivity contribution is -0.137. The van der Waals surface area contributed by atoms with Crippen molar-refractivity contribution in [1.29, 1.82) is 0 Å². The molecule has 6 nitrogen and oxygen atoms in total. The molecule has 0 aliphatic carbocycles. The average molecular weight is 272 g/mol. The summed E-state index contributed by atoms with van der Waals surface area (Å²) < 4.78 is 5.36. The summed E-state index contributed by atoms with van der Waals surface area (Å²) in [4.78, 5) is 24.7. The fourth-order valence-corrected chi connectivity index (χ4v) is 2.15. The number of carbonyl (C=O) groups is 2. The smallest absolute Gasteiger partial charge is 0.277 e. The monoisotopic (exact) mass is 272 g/mol. The van der Waals surface area contributed by atoms with Gasteiger partial charge in [0.15, 0.2) is 5.58 Å². The van der Waals surface area contributed by atoms with E-state index in [1.54, 1.807) is 12.3 Å². The van der Waals surface area contributed by atoms with Gasteiger partial charge in [0.25, 0.3) is 11.8 Å². The van der Waals surface area contributed by atoms with Crippen LogP contribution in [-0.2, 0) is 9.59 Å². The summed E-state index contributed by atoms with van der Waals surface area (Å²) >= 11 is 0. The zero-order chi connectivity index (χ0) is 14.1. The third-order valence-corrected chi connectivity index (χ3v) is 3.08. The van der Waals surface area contributed by atoms with E-state index in [2.05, 4.69) is 5.32 Å². The number of fused-ring (bicyclic) bond motifs is 1. The van der Waals surface area contributed by atoms with Crippen LogP contribution >= 0.6 is 0 Å². The third-order valence-electron chi connectivity index (χ3n) is 3.08. The van der Waals surface area contributed by atoms with E-state index in [9.17, 15) is 9.59 Å². The highest BCUT2D eigenvalue weighted by Gasteiger charge is 2.30. The molecule has 0 bridgehead atoms. The highest BCUT2D eigenvalue weighted by Crippen LogP contribution is 2.26. The molecule has 3 rings (SSSR count). The Labute approximate surface area is 114 Å². The van der Waals surface area contributed by atoms with E-state index in [-0.39, 0.29) is 18.8 Å². The second kappa shape index (κ2) is 4.82. The van der Waals surface area contributed by atoms with Crippen LogP contribution < -0.4 is 5.32 Å². The van der Waals surface area contributed by atoms with Crippen molar-refractivity contribution >= 4 is 28.5 Å². The summed E-state index contributed by atoms with van der Waals surface area (Å²) in [7, 11) is 0. The minimum atomic E-state index is -0.451. The normalized spacial score (nSPS) is 15.1. The minimum Gasteiger partial charge on any atom is -0.462 e. The molecule has 102 valence electrons. The number of para-hydroxylation sites is 1. The van der Waals surface area contributed by atoms with Crippen molar-refractivity contribution in [1.82, 2.24) is 4.90 Å². The Morgan fingerprint density at radius 3 is 2.90 bits per heavy atom. The van der Waals surface area contributed by atoms with Gasteiger partial charge in [-0.2, -0.15) is 0 Å². The summed E-state index contributed by atoms with van der Waals surface area (Å²) in [5.41, 5.74) is 1.41. The molecule has 1 aromatic heterocycles. The topological polar surface area (TPSA) is 82.8 Å². The van der Waals surface area contributed by atoms with Gasteiger partial charge < -0.3 is 14.8 Å². The van der Waals surface area contributed by atoms with Gasteiger partial charge in [-0.1, -0.05) is 12.1 Å². The number of furan rings is 1. The van der Waals surface area contributed by atoms with Crippen LogP contribution in [0.1, 0.15) is 0 Å². The van der Waals surface area contributed by atoms with Gasteiger partial charge in [-0.15, -0.1) is 0 Å². The molecule has 1 aliphatic heterocycles. The molecule has 0 atom stereocenters. The van der Waals surface area contributed by atoms with Gasteiger partial charge in [0, 0.05) is 11.5 Å². The second-order valence-electron chi connectivity index (χ2n) is 4.35. The van der Waals surface area contributed by atoms with Crippen LogP contribution in [-0.4, -0.2) is 35.0 Å². The van der Waals surface area contributed by atoms with E-state index in [0.717, 1.165) is 10.3 Å². The molecule has 2 aromatic rings. The maximum absolute atomic E-state index is 12.0. The van der Waals surface area contributed by atoms with Crippen molar-refractivity contribution < 1.29 is 19.1 Å². The highest BCUT2D eigenvalue weighted by molar-refractivity contribution is 6.17. The number of nitrogens with one attached hydrogen (secondary N) is 1. The van der Waals surface area contributed by atoms with E-state index < -0.39 is 11.8 Å². The van der Waals surface area contributed by atoms with Crippen LogP contribution in [0.2, 0.25) is 0 Å². The van der Waals surface area contributed by atoms with E-state index >= 15 is 0 Å². The molecule has 2 N–H and O–H groups in total. The fourth-order valence-electron chi connectivity index (χ4n) is 2.15. The van der Waals surface area contributed by atoms with Gasteiger partial charge in [0.1, 0.15) is 5.70 Å². The zero-order valence-electron chi connectivity index (χ0n) is 10.5. The average Bonchev–Trinajstić information content (AvgIpc) is 3.00. The lowest BCUT2D eigenvalue weighted by Crippen LogP contribution is -2.34. The fraction of sp³-hybridized carbons (Fsp3) is 0.143. The van der Waals surface area contributed by atoms with Crippen molar-refractivity contribution in [2.24, 2.45) is 0 Å². The van der Waals surface area contributed by atoms with Crippen LogP contribution in [0.5, 0.6) is 0 Å². The SMILES string of the molecule is O=C1C=C(Nc2cccc3ccoc23)C(=O)N1CCO. The number of aliphatic hydroxyl groups excluding tert-OH is 1. The van der Waals surface area contributed by atoms with E-state index in [1.807, 2.05) is 18.2 Å². The predicted molar refractivity (Wildman–Crippen MR) is 71.7 cm³/mol. The molecule has 0 spiro atoms. The van der Waals surface area contributed by atoms with Crippen LogP contribution in [0.4, 0.5) is 5.69 Å². The van der Waals surface area contributed by atoms with Gasteiger partial charge in [-0.25, -0.2) is 0 Å². The molecule has 2 amide bonds. The van der Waals surface area contributed by atoms with E-state index in [4.69, 9.17) is 9.52 Å². The van der Waals surface area contributed by atoms with Crippen LogP contribution in [0.3, 0.4) is 0 Å². The van der Waals surface area contributed by atoms with Crippen molar-refractivity contribution in [3.63, 3.8) is 0 Å². The van der Waals surface area contributed by atoms with Crippen molar-refractivity contribution in [3.05, 3.63) is 42.3 Å². The lowest BCUT2D eigenvalue weighted by Gasteiger charge is -2.13. The highest BCUT2D eigenvalue weighted by atomic mass is 16.3. The number of rotatable bonds is 4. The molecule has 0 radical (unpaired) electrons. The quantitative estimate of drug-likeness (QED) is 0.814. The first-order valence-electron chi connectivity index (χ1n) is 6.12. The first-order valence-corrected chi connectivity index (χ1v) is 6.12. The Kier molecular flexibility index (Phi) is 3.00. The maximum atomic E-state index is 12.0. The number of aliphatic hydroxyl groups is 1. The van der Waals surface area contributed by atoms with Gasteiger partial charge in [0.05, 0.1) is 25.1 Å². The summed E-state index contributed by atoms with van der Waals surface area (Å²) in [6, 6.07) is 7.29. The van der Waals surface area contributed by atoms with Gasteiger partial charge in [0.2, 0.25) is 0 Å². The standard InChI is InChI=1S/C14H12N2O4/c17-6-5-16-12(18)8-11(14(16)19)15-10-3-1-2-9-4-7-20-13(9)10/h1-4,7-8,15,17H,5-6H2.